The fraction of sp³-hybridized carbons (Fsp3) is 0.688. The third-order valence-electron chi connectivity index (χ3n) is 4.16. The van der Waals surface area contributed by atoms with Gasteiger partial charge in [0.2, 0.25) is 0 Å². The third-order valence-corrected chi connectivity index (χ3v) is 4.16. The summed E-state index contributed by atoms with van der Waals surface area (Å²) < 4.78 is 5.46. The molecular weight excluding hydrogens is 236 g/mol. The molecule has 19 heavy (non-hydrogen) atoms. The predicted octanol–water partition coefficient (Wildman–Crippen LogP) is 3.52. The molecular formula is C16H26N2O. The van der Waals surface area contributed by atoms with Gasteiger partial charge in [0.15, 0.2) is 0 Å². The number of methoxy groups -OCH3 is 1. The van der Waals surface area contributed by atoms with Crippen LogP contribution in [0.4, 0.5) is 0 Å². The average Bonchev–Trinajstić information content (AvgIpc) is 2.67. The van der Waals surface area contributed by atoms with Crippen LogP contribution in [0.25, 0.3) is 0 Å². The van der Waals surface area contributed by atoms with Crippen molar-refractivity contribution in [2.45, 2.75) is 65.0 Å². The van der Waals surface area contributed by atoms with Crippen LogP contribution in [-0.2, 0) is 6.54 Å². The summed E-state index contributed by atoms with van der Waals surface area (Å²) in [6, 6.07) is 0.663. The van der Waals surface area contributed by atoms with Crippen LogP contribution in [0, 0.1) is 13.8 Å². The molecule has 3 nitrogen and oxygen atoms in total. The number of hydrogen-bond donors (Lipinski definition) is 1. The van der Waals surface area contributed by atoms with Crippen LogP contribution in [0.2, 0.25) is 0 Å². The highest BCUT2D eigenvalue weighted by molar-refractivity contribution is 5.40. The molecule has 1 aliphatic carbocycles. The minimum absolute atomic E-state index is 0.663. The van der Waals surface area contributed by atoms with Gasteiger partial charge in [0, 0.05) is 29.9 Å². The number of aryl methyl sites for hydroxylation is 1. The van der Waals surface area contributed by atoms with Crippen LogP contribution in [0.1, 0.15) is 55.3 Å². The van der Waals surface area contributed by atoms with Gasteiger partial charge in [-0.15, -0.1) is 0 Å². The fourth-order valence-electron chi connectivity index (χ4n) is 2.97. The normalized spacial score (nSPS) is 17.2. The second-order valence-corrected chi connectivity index (χ2v) is 5.62. The molecule has 0 atom stereocenters. The van der Waals surface area contributed by atoms with E-state index in [-0.39, 0.29) is 0 Å². The number of pyridine rings is 1. The second kappa shape index (κ2) is 6.90. The number of hydrogen-bond acceptors (Lipinski definition) is 3. The van der Waals surface area contributed by atoms with Crippen molar-refractivity contribution in [2.24, 2.45) is 0 Å². The fourth-order valence-corrected chi connectivity index (χ4v) is 2.97. The van der Waals surface area contributed by atoms with Gasteiger partial charge in [-0.1, -0.05) is 25.7 Å². The molecule has 0 spiro atoms. The summed E-state index contributed by atoms with van der Waals surface area (Å²) in [7, 11) is 1.73. The Labute approximate surface area is 116 Å². The van der Waals surface area contributed by atoms with Gasteiger partial charge in [-0.05, 0) is 26.7 Å². The third kappa shape index (κ3) is 3.69. The topological polar surface area (TPSA) is 34.1 Å². The van der Waals surface area contributed by atoms with Crippen molar-refractivity contribution in [3.8, 4) is 5.75 Å². The van der Waals surface area contributed by atoms with E-state index >= 15 is 0 Å². The maximum absolute atomic E-state index is 5.46. The van der Waals surface area contributed by atoms with E-state index in [4.69, 9.17) is 4.74 Å². The Bertz CT molecular complexity index is 409. The van der Waals surface area contributed by atoms with E-state index in [9.17, 15) is 0 Å². The molecule has 3 heteroatoms. The van der Waals surface area contributed by atoms with Crippen LogP contribution in [-0.4, -0.2) is 18.1 Å². The predicted molar refractivity (Wildman–Crippen MR) is 78.6 cm³/mol. The van der Waals surface area contributed by atoms with E-state index in [0.29, 0.717) is 6.04 Å². The summed E-state index contributed by atoms with van der Waals surface area (Å²) in [6.07, 6.45) is 10.0. The lowest BCUT2D eigenvalue weighted by atomic mass is 10.1. The Balaban J connectivity index is 1.99. The first-order chi connectivity index (χ1) is 9.22. The quantitative estimate of drug-likeness (QED) is 0.843. The molecule has 0 aromatic carbocycles. The van der Waals surface area contributed by atoms with Crippen molar-refractivity contribution >= 4 is 0 Å². The van der Waals surface area contributed by atoms with E-state index in [1.165, 1.54) is 44.1 Å². The smallest absolute Gasteiger partial charge is 0.128 e. The van der Waals surface area contributed by atoms with Gasteiger partial charge in [0.05, 0.1) is 12.8 Å². The molecule has 1 fully saturated rings. The number of aromatic nitrogens is 1. The van der Waals surface area contributed by atoms with E-state index in [0.717, 1.165) is 23.6 Å². The maximum atomic E-state index is 5.46. The number of nitrogens with zero attached hydrogens (tertiary/aromatic N) is 1. The SMILES string of the molecule is COc1c(C)cnc(CNC2CCCCCC2)c1C. The van der Waals surface area contributed by atoms with Gasteiger partial charge in [0.25, 0.3) is 0 Å². The summed E-state index contributed by atoms with van der Waals surface area (Å²) in [5.41, 5.74) is 3.40. The standard InChI is InChI=1S/C16H26N2O/c1-12-10-18-15(13(2)16(12)19-3)11-17-14-8-6-4-5-7-9-14/h10,14,17H,4-9,11H2,1-3H3. The molecule has 0 saturated heterocycles. The van der Waals surface area contributed by atoms with Gasteiger partial charge in [0.1, 0.15) is 5.75 Å². The minimum Gasteiger partial charge on any atom is -0.496 e. The van der Waals surface area contributed by atoms with Crippen molar-refractivity contribution in [1.82, 2.24) is 10.3 Å². The largest absolute Gasteiger partial charge is 0.496 e. The van der Waals surface area contributed by atoms with Crippen molar-refractivity contribution in [1.29, 1.82) is 0 Å². The van der Waals surface area contributed by atoms with Gasteiger partial charge in [-0.25, -0.2) is 0 Å². The maximum Gasteiger partial charge on any atom is 0.128 e. The van der Waals surface area contributed by atoms with Crippen LogP contribution >= 0.6 is 0 Å². The van der Waals surface area contributed by atoms with Crippen LogP contribution in [0.5, 0.6) is 5.75 Å². The molecule has 0 bridgehead atoms. The summed E-state index contributed by atoms with van der Waals surface area (Å²) >= 11 is 0. The molecule has 1 aliphatic rings. The molecule has 0 aliphatic heterocycles. The molecule has 2 rings (SSSR count). The molecule has 0 radical (unpaired) electrons. The lowest BCUT2D eigenvalue weighted by Gasteiger charge is -2.18. The Morgan fingerprint density at radius 2 is 1.89 bits per heavy atom. The van der Waals surface area contributed by atoms with Crippen LogP contribution in [0.15, 0.2) is 6.20 Å². The monoisotopic (exact) mass is 262 g/mol. The van der Waals surface area contributed by atoms with E-state index in [1.54, 1.807) is 7.11 Å². The van der Waals surface area contributed by atoms with Gasteiger partial charge >= 0.3 is 0 Å². The Hall–Kier alpha value is -1.09. The molecule has 0 amide bonds. The van der Waals surface area contributed by atoms with E-state index < -0.39 is 0 Å². The zero-order valence-corrected chi connectivity index (χ0v) is 12.5. The molecule has 0 unspecified atom stereocenters. The van der Waals surface area contributed by atoms with Gasteiger partial charge < -0.3 is 10.1 Å². The number of rotatable bonds is 4. The first-order valence-corrected chi connectivity index (χ1v) is 7.45. The van der Waals surface area contributed by atoms with Crippen LogP contribution < -0.4 is 10.1 Å². The summed E-state index contributed by atoms with van der Waals surface area (Å²) in [5.74, 6) is 0.979. The Morgan fingerprint density at radius 1 is 1.21 bits per heavy atom. The average molecular weight is 262 g/mol. The highest BCUT2D eigenvalue weighted by Gasteiger charge is 2.14. The molecule has 1 saturated carbocycles. The summed E-state index contributed by atoms with van der Waals surface area (Å²) in [6.45, 7) is 5.00. The molecule has 1 N–H and O–H groups in total. The lowest BCUT2D eigenvalue weighted by molar-refractivity contribution is 0.405. The lowest BCUT2D eigenvalue weighted by Crippen LogP contribution is -2.28. The van der Waals surface area contributed by atoms with E-state index in [2.05, 4.69) is 17.2 Å². The number of ether oxygens (including phenoxy) is 1. The van der Waals surface area contributed by atoms with Crippen molar-refractivity contribution in [2.75, 3.05) is 7.11 Å². The zero-order chi connectivity index (χ0) is 13.7. The second-order valence-electron chi connectivity index (χ2n) is 5.62. The van der Waals surface area contributed by atoms with Gasteiger partial charge in [-0.3, -0.25) is 4.98 Å². The van der Waals surface area contributed by atoms with Crippen molar-refractivity contribution in [3.63, 3.8) is 0 Å². The first-order valence-electron chi connectivity index (χ1n) is 7.45. The summed E-state index contributed by atoms with van der Waals surface area (Å²) in [5, 5.41) is 3.67. The Kier molecular flexibility index (Phi) is 5.20. The van der Waals surface area contributed by atoms with Crippen molar-refractivity contribution < 1.29 is 4.74 Å². The first kappa shape index (κ1) is 14.3. The molecule has 1 heterocycles. The zero-order valence-electron chi connectivity index (χ0n) is 12.5. The van der Waals surface area contributed by atoms with Crippen molar-refractivity contribution in [3.05, 3.63) is 23.0 Å². The minimum atomic E-state index is 0.663. The van der Waals surface area contributed by atoms with E-state index in [1.807, 2.05) is 13.1 Å². The molecule has 1 aromatic rings. The Morgan fingerprint density at radius 3 is 2.53 bits per heavy atom. The van der Waals surface area contributed by atoms with Crippen LogP contribution in [0.3, 0.4) is 0 Å². The van der Waals surface area contributed by atoms with Gasteiger partial charge in [-0.2, -0.15) is 0 Å². The highest BCUT2D eigenvalue weighted by atomic mass is 16.5. The summed E-state index contributed by atoms with van der Waals surface area (Å²) in [4.78, 5) is 4.55. The number of nitrogens with one attached hydrogen (secondary N) is 1. The highest BCUT2D eigenvalue weighted by Crippen LogP contribution is 2.24. The molecule has 1 aromatic heterocycles. The molecule has 106 valence electrons.